The third kappa shape index (κ3) is 2.90. The van der Waals surface area contributed by atoms with Crippen LogP contribution in [0.1, 0.15) is 5.56 Å². The number of likely N-dealkylation sites (N-methyl/N-ethyl adjacent to an activating group) is 1. The molecule has 0 saturated carbocycles. The molecule has 5 nitrogen and oxygen atoms in total. The number of halogens is 1. The summed E-state index contributed by atoms with van der Waals surface area (Å²) >= 11 is 0. The molecule has 0 amide bonds. The van der Waals surface area contributed by atoms with Gasteiger partial charge in [-0.15, -0.1) is 0 Å². The van der Waals surface area contributed by atoms with Gasteiger partial charge in [-0.1, -0.05) is 6.07 Å². The maximum atomic E-state index is 14.2. The van der Waals surface area contributed by atoms with E-state index in [2.05, 4.69) is 4.90 Å². The molecule has 0 unspecified atom stereocenters. The Morgan fingerprint density at radius 3 is 2.73 bits per heavy atom. The molecule has 2 aliphatic heterocycles. The molecular formula is C15H21FN2O3S. The van der Waals surface area contributed by atoms with E-state index < -0.39 is 15.8 Å². The normalized spacial score (nSPS) is 27.6. The van der Waals surface area contributed by atoms with Gasteiger partial charge in [0.05, 0.1) is 19.3 Å². The molecule has 2 saturated heterocycles. The summed E-state index contributed by atoms with van der Waals surface area (Å²) in [5.74, 6) is -0.575. The third-order valence-electron chi connectivity index (χ3n) is 4.28. The minimum atomic E-state index is -3.86. The van der Waals surface area contributed by atoms with Crippen LogP contribution in [0.25, 0.3) is 0 Å². The lowest BCUT2D eigenvalue weighted by Crippen LogP contribution is -2.46. The number of ether oxygens (including phenoxy) is 1. The van der Waals surface area contributed by atoms with Gasteiger partial charge in [-0.05, 0) is 31.7 Å². The summed E-state index contributed by atoms with van der Waals surface area (Å²) in [6.07, 6.45) is 0. The zero-order valence-electron chi connectivity index (χ0n) is 12.8. The Morgan fingerprint density at radius 2 is 2.00 bits per heavy atom. The molecule has 122 valence electrons. The van der Waals surface area contributed by atoms with Crippen molar-refractivity contribution < 1.29 is 17.5 Å². The second-order valence-electron chi connectivity index (χ2n) is 6.29. The monoisotopic (exact) mass is 328 g/mol. The van der Waals surface area contributed by atoms with E-state index in [-0.39, 0.29) is 16.9 Å². The van der Waals surface area contributed by atoms with Gasteiger partial charge in [0.25, 0.3) is 0 Å². The average molecular weight is 328 g/mol. The summed E-state index contributed by atoms with van der Waals surface area (Å²) in [5, 5.41) is 0. The van der Waals surface area contributed by atoms with Crippen LogP contribution in [0.2, 0.25) is 0 Å². The lowest BCUT2D eigenvalue weighted by atomic mass is 10.1. The first-order valence-corrected chi connectivity index (χ1v) is 8.86. The van der Waals surface area contributed by atoms with Gasteiger partial charge in [0.1, 0.15) is 10.7 Å². The van der Waals surface area contributed by atoms with Crippen molar-refractivity contribution in [3.63, 3.8) is 0 Å². The predicted octanol–water partition coefficient (Wildman–Crippen LogP) is 1.09. The maximum absolute atomic E-state index is 14.2. The molecule has 0 radical (unpaired) electrons. The van der Waals surface area contributed by atoms with E-state index in [9.17, 15) is 12.8 Å². The molecule has 3 rings (SSSR count). The number of aryl methyl sites for hydroxylation is 1. The molecule has 0 N–H and O–H groups in total. The fourth-order valence-electron chi connectivity index (χ4n) is 3.28. The van der Waals surface area contributed by atoms with E-state index in [4.69, 9.17) is 4.74 Å². The largest absolute Gasteiger partial charge is 0.379 e. The average Bonchev–Trinajstić information content (AvgIpc) is 2.68. The lowest BCUT2D eigenvalue weighted by Gasteiger charge is -2.29. The molecule has 2 heterocycles. The molecular weight excluding hydrogens is 307 g/mol. The van der Waals surface area contributed by atoms with Gasteiger partial charge < -0.3 is 9.64 Å². The third-order valence-corrected chi connectivity index (χ3v) is 6.23. The van der Waals surface area contributed by atoms with Crippen molar-refractivity contribution in [2.75, 3.05) is 39.9 Å². The van der Waals surface area contributed by atoms with Gasteiger partial charge in [0.2, 0.25) is 10.0 Å². The van der Waals surface area contributed by atoms with Crippen LogP contribution in [0.15, 0.2) is 23.1 Å². The van der Waals surface area contributed by atoms with Crippen LogP contribution in [0.3, 0.4) is 0 Å². The molecule has 22 heavy (non-hydrogen) atoms. The first-order valence-electron chi connectivity index (χ1n) is 7.42. The van der Waals surface area contributed by atoms with Gasteiger partial charge in [-0.2, -0.15) is 4.31 Å². The highest BCUT2D eigenvalue weighted by Crippen LogP contribution is 2.27. The highest BCUT2D eigenvalue weighted by Gasteiger charge is 2.40. The minimum Gasteiger partial charge on any atom is -0.379 e. The van der Waals surface area contributed by atoms with E-state index in [1.807, 2.05) is 7.05 Å². The van der Waals surface area contributed by atoms with Crippen molar-refractivity contribution in [3.05, 3.63) is 29.6 Å². The Balaban J connectivity index is 2.00. The quantitative estimate of drug-likeness (QED) is 0.815. The van der Waals surface area contributed by atoms with E-state index in [0.29, 0.717) is 31.9 Å². The van der Waals surface area contributed by atoms with Gasteiger partial charge in [-0.3, -0.25) is 0 Å². The zero-order valence-corrected chi connectivity index (χ0v) is 13.6. The molecule has 2 fully saturated rings. The van der Waals surface area contributed by atoms with Crippen LogP contribution in [0.4, 0.5) is 4.39 Å². The maximum Gasteiger partial charge on any atom is 0.246 e. The van der Waals surface area contributed by atoms with Gasteiger partial charge in [0.15, 0.2) is 0 Å². The number of benzene rings is 1. The topological polar surface area (TPSA) is 49.9 Å². The molecule has 0 aromatic heterocycles. The number of hydrogen-bond acceptors (Lipinski definition) is 4. The number of nitrogens with zero attached hydrogens (tertiary/aromatic N) is 2. The lowest BCUT2D eigenvalue weighted by molar-refractivity contribution is 0.0659. The Bertz CT molecular complexity index is 665. The Hall–Kier alpha value is -1.02. The number of sulfonamides is 1. The van der Waals surface area contributed by atoms with E-state index in [1.54, 1.807) is 13.0 Å². The highest BCUT2D eigenvalue weighted by atomic mass is 32.2. The van der Waals surface area contributed by atoms with E-state index in [1.165, 1.54) is 16.4 Å². The van der Waals surface area contributed by atoms with Crippen LogP contribution in [0.5, 0.6) is 0 Å². The second kappa shape index (κ2) is 5.88. The molecule has 0 aliphatic carbocycles. The molecule has 2 aliphatic rings. The second-order valence-corrected chi connectivity index (χ2v) is 8.15. The van der Waals surface area contributed by atoms with Crippen LogP contribution in [-0.4, -0.2) is 63.6 Å². The highest BCUT2D eigenvalue weighted by molar-refractivity contribution is 7.89. The summed E-state index contributed by atoms with van der Waals surface area (Å²) in [7, 11) is -1.88. The number of rotatable bonds is 2. The van der Waals surface area contributed by atoms with Gasteiger partial charge in [-0.25, -0.2) is 12.8 Å². The molecule has 0 spiro atoms. The molecule has 2 bridgehead atoms. The molecule has 1 aromatic rings. The van der Waals surface area contributed by atoms with Crippen LogP contribution >= 0.6 is 0 Å². The van der Waals surface area contributed by atoms with Crippen LogP contribution in [0, 0.1) is 18.7 Å². The Kier molecular flexibility index (Phi) is 4.24. The first kappa shape index (κ1) is 15.9. The van der Waals surface area contributed by atoms with Gasteiger partial charge >= 0.3 is 0 Å². The van der Waals surface area contributed by atoms with Crippen molar-refractivity contribution in [1.82, 2.24) is 9.21 Å². The van der Waals surface area contributed by atoms with Crippen LogP contribution in [-0.2, 0) is 14.8 Å². The van der Waals surface area contributed by atoms with E-state index >= 15 is 0 Å². The Labute approximate surface area is 130 Å². The smallest absolute Gasteiger partial charge is 0.246 e. The summed E-state index contributed by atoms with van der Waals surface area (Å²) in [4.78, 5) is 1.88. The SMILES string of the molecule is Cc1ccc(S(=O)(=O)N2C[C@H]3COC[C@@H]2CN(C)C3)c(F)c1. The Morgan fingerprint density at radius 1 is 1.23 bits per heavy atom. The van der Waals surface area contributed by atoms with Crippen LogP contribution < -0.4 is 0 Å². The van der Waals surface area contributed by atoms with Crippen molar-refractivity contribution in [1.29, 1.82) is 0 Å². The fourth-order valence-corrected chi connectivity index (χ4v) is 5.00. The number of hydrogen-bond donors (Lipinski definition) is 0. The van der Waals surface area contributed by atoms with E-state index in [0.717, 1.165) is 6.54 Å². The summed E-state index contributed by atoms with van der Waals surface area (Å²) in [6, 6.07) is 3.98. The minimum absolute atomic E-state index is 0.112. The predicted molar refractivity (Wildman–Crippen MR) is 80.6 cm³/mol. The van der Waals surface area contributed by atoms with Crippen molar-refractivity contribution in [2.45, 2.75) is 17.9 Å². The zero-order chi connectivity index (χ0) is 15.9. The molecule has 2 atom stereocenters. The summed E-state index contributed by atoms with van der Waals surface area (Å²) in [6.45, 7) is 4.41. The van der Waals surface area contributed by atoms with Crippen molar-refractivity contribution in [3.8, 4) is 0 Å². The fraction of sp³-hybridized carbons (Fsp3) is 0.600. The standard InChI is InChI=1S/C15H21FN2O3S/c1-11-3-4-15(14(16)5-11)22(19,20)18-7-12-6-17(2)8-13(18)10-21-9-12/h3-5,12-13H,6-10H2,1-2H3/t12-,13-/m0/s1. The first-order chi connectivity index (χ1) is 10.4. The van der Waals surface area contributed by atoms with Crippen molar-refractivity contribution in [2.24, 2.45) is 5.92 Å². The molecule has 7 heteroatoms. The van der Waals surface area contributed by atoms with Gasteiger partial charge in [0, 0.05) is 25.6 Å². The molecule has 1 aromatic carbocycles. The number of fused-ring (bicyclic) bond motifs is 3. The summed E-state index contributed by atoms with van der Waals surface area (Å²) < 4.78 is 47.1. The van der Waals surface area contributed by atoms with Crippen molar-refractivity contribution >= 4 is 10.0 Å². The summed E-state index contributed by atoms with van der Waals surface area (Å²) in [5.41, 5.74) is 0.703.